The number of rotatable bonds is 5. The predicted molar refractivity (Wildman–Crippen MR) is 83.1 cm³/mol. The van der Waals surface area contributed by atoms with Gasteiger partial charge in [-0.15, -0.1) is 0 Å². The molecule has 0 bridgehead atoms. The first-order chi connectivity index (χ1) is 10.1. The minimum Gasteiger partial charge on any atom is -0.366 e. The van der Waals surface area contributed by atoms with Crippen LogP contribution in [0.5, 0.6) is 0 Å². The molecule has 0 saturated heterocycles. The molecule has 0 aliphatic rings. The van der Waals surface area contributed by atoms with Gasteiger partial charge in [0, 0.05) is 6.20 Å². The minimum atomic E-state index is -0.573. The summed E-state index contributed by atoms with van der Waals surface area (Å²) in [5.41, 5.74) is 6.00. The van der Waals surface area contributed by atoms with E-state index in [9.17, 15) is 9.59 Å². The quantitative estimate of drug-likeness (QED) is 0.830. The Kier molecular flexibility index (Phi) is 4.94. The number of nitrogens with zero attached hydrogens (tertiary/aromatic N) is 1. The van der Waals surface area contributed by atoms with Gasteiger partial charge in [-0.2, -0.15) is 0 Å². The number of hydrogen-bond donors (Lipinski definition) is 2. The number of hydrogen-bond acceptors (Lipinski definition) is 4. The monoisotopic (exact) mass is 301 g/mol. The Balaban J connectivity index is 2.06. The number of para-hydroxylation sites is 1. The van der Waals surface area contributed by atoms with E-state index in [1.807, 2.05) is 18.2 Å². The number of anilines is 1. The topological polar surface area (TPSA) is 85.1 Å². The highest BCUT2D eigenvalue weighted by molar-refractivity contribution is 8.00. The highest BCUT2D eigenvalue weighted by Gasteiger charge is 2.17. The molecule has 2 aromatic rings. The molecular weight excluding hydrogens is 286 g/mol. The van der Waals surface area contributed by atoms with Crippen LogP contribution in [0, 0.1) is 0 Å². The Labute approximate surface area is 127 Å². The number of nitrogens with one attached hydrogen (secondary N) is 1. The van der Waals surface area contributed by atoms with Crippen molar-refractivity contribution >= 4 is 29.3 Å². The van der Waals surface area contributed by atoms with E-state index in [1.165, 1.54) is 11.8 Å². The second-order valence-electron chi connectivity index (χ2n) is 4.33. The van der Waals surface area contributed by atoms with Crippen LogP contribution in [0.4, 0.5) is 5.69 Å². The van der Waals surface area contributed by atoms with Gasteiger partial charge in [-0.3, -0.25) is 9.59 Å². The van der Waals surface area contributed by atoms with Crippen molar-refractivity contribution in [2.45, 2.75) is 17.2 Å². The molecule has 21 heavy (non-hydrogen) atoms. The van der Waals surface area contributed by atoms with Crippen LogP contribution in [-0.2, 0) is 4.79 Å². The third kappa shape index (κ3) is 4.06. The van der Waals surface area contributed by atoms with Crippen LogP contribution in [0.2, 0.25) is 0 Å². The molecule has 6 heteroatoms. The number of thioether (sulfide) groups is 1. The minimum absolute atomic E-state index is 0.209. The van der Waals surface area contributed by atoms with Gasteiger partial charge in [-0.05, 0) is 31.2 Å². The zero-order valence-corrected chi connectivity index (χ0v) is 12.3. The maximum Gasteiger partial charge on any atom is 0.250 e. The first-order valence-electron chi connectivity index (χ1n) is 6.35. The van der Waals surface area contributed by atoms with Crippen molar-refractivity contribution in [3.05, 3.63) is 54.2 Å². The van der Waals surface area contributed by atoms with Crippen molar-refractivity contribution in [3.8, 4) is 0 Å². The van der Waals surface area contributed by atoms with Gasteiger partial charge in [0.15, 0.2) is 0 Å². The largest absolute Gasteiger partial charge is 0.366 e. The van der Waals surface area contributed by atoms with Crippen molar-refractivity contribution < 1.29 is 9.59 Å². The Morgan fingerprint density at radius 3 is 2.57 bits per heavy atom. The second kappa shape index (κ2) is 6.90. The summed E-state index contributed by atoms with van der Waals surface area (Å²) in [6.07, 6.45) is 1.68. The average Bonchev–Trinajstić information content (AvgIpc) is 2.48. The normalized spacial score (nSPS) is 11.7. The zero-order valence-electron chi connectivity index (χ0n) is 11.4. The summed E-state index contributed by atoms with van der Waals surface area (Å²) in [5.74, 6) is -0.782. The first kappa shape index (κ1) is 15.1. The van der Waals surface area contributed by atoms with Gasteiger partial charge in [0.2, 0.25) is 5.91 Å². The molecule has 1 aromatic carbocycles. The first-order valence-corrected chi connectivity index (χ1v) is 7.23. The average molecular weight is 301 g/mol. The van der Waals surface area contributed by atoms with E-state index in [0.717, 1.165) is 5.03 Å². The predicted octanol–water partition coefficient (Wildman–Crippen LogP) is 2.30. The van der Waals surface area contributed by atoms with Gasteiger partial charge in [-0.1, -0.05) is 30.0 Å². The number of primary amides is 1. The van der Waals surface area contributed by atoms with Crippen molar-refractivity contribution in [1.29, 1.82) is 0 Å². The lowest BCUT2D eigenvalue weighted by atomic mass is 10.1. The van der Waals surface area contributed by atoms with Gasteiger partial charge in [-0.25, -0.2) is 4.98 Å². The number of carbonyl (C=O) groups excluding carboxylic acids is 2. The Morgan fingerprint density at radius 2 is 1.90 bits per heavy atom. The molecule has 2 amide bonds. The lowest BCUT2D eigenvalue weighted by Crippen LogP contribution is -2.24. The third-order valence-corrected chi connectivity index (χ3v) is 3.81. The van der Waals surface area contributed by atoms with Crippen LogP contribution < -0.4 is 11.1 Å². The molecule has 2 rings (SSSR count). The standard InChI is InChI=1S/C15H15N3O2S/c1-10(21-13-8-4-5-9-17-13)15(20)18-12-7-3-2-6-11(12)14(16)19/h2-10H,1H3,(H2,16,19)(H,18,20)/t10-/m1/s1. The van der Waals surface area contributed by atoms with Crippen molar-refractivity contribution in [2.75, 3.05) is 5.32 Å². The van der Waals surface area contributed by atoms with Crippen LogP contribution in [0.1, 0.15) is 17.3 Å². The number of pyridine rings is 1. The van der Waals surface area contributed by atoms with Crippen LogP contribution in [0.15, 0.2) is 53.7 Å². The van der Waals surface area contributed by atoms with Crippen molar-refractivity contribution in [3.63, 3.8) is 0 Å². The molecule has 0 fully saturated rings. The maximum absolute atomic E-state index is 12.2. The lowest BCUT2D eigenvalue weighted by Gasteiger charge is -2.13. The number of nitrogens with two attached hydrogens (primary N) is 1. The van der Waals surface area contributed by atoms with Gasteiger partial charge >= 0.3 is 0 Å². The fourth-order valence-electron chi connectivity index (χ4n) is 1.69. The lowest BCUT2D eigenvalue weighted by molar-refractivity contribution is -0.115. The van der Waals surface area contributed by atoms with Crippen LogP contribution >= 0.6 is 11.8 Å². The summed E-state index contributed by atoms with van der Waals surface area (Å²) in [5, 5.41) is 3.14. The maximum atomic E-state index is 12.2. The van der Waals surface area contributed by atoms with Crippen LogP contribution in [-0.4, -0.2) is 22.0 Å². The van der Waals surface area contributed by atoms with Crippen LogP contribution in [0.25, 0.3) is 0 Å². The summed E-state index contributed by atoms with van der Waals surface area (Å²) >= 11 is 1.35. The Hall–Kier alpha value is -2.34. The van der Waals surface area contributed by atoms with Gasteiger partial charge in [0.1, 0.15) is 0 Å². The fourth-order valence-corrected chi connectivity index (χ4v) is 2.50. The zero-order chi connectivity index (χ0) is 15.2. The van der Waals surface area contributed by atoms with Crippen LogP contribution in [0.3, 0.4) is 0 Å². The molecule has 0 radical (unpaired) electrons. The molecule has 108 valence electrons. The molecule has 0 unspecified atom stereocenters. The van der Waals surface area contributed by atoms with Gasteiger partial charge in [0.05, 0.1) is 21.5 Å². The van der Waals surface area contributed by atoms with E-state index >= 15 is 0 Å². The summed E-state index contributed by atoms with van der Waals surface area (Å²) in [6, 6.07) is 12.2. The van der Waals surface area contributed by atoms with E-state index in [-0.39, 0.29) is 11.2 Å². The Morgan fingerprint density at radius 1 is 1.19 bits per heavy atom. The summed E-state index contributed by atoms with van der Waals surface area (Å²) in [6.45, 7) is 1.78. The van der Waals surface area contributed by atoms with E-state index in [4.69, 9.17) is 5.73 Å². The highest BCUT2D eigenvalue weighted by atomic mass is 32.2. The van der Waals surface area contributed by atoms with E-state index in [1.54, 1.807) is 37.4 Å². The number of benzene rings is 1. The molecule has 1 heterocycles. The third-order valence-electron chi connectivity index (χ3n) is 2.75. The molecule has 5 nitrogen and oxygen atoms in total. The second-order valence-corrected chi connectivity index (χ2v) is 5.69. The molecule has 1 aromatic heterocycles. The molecule has 0 saturated carbocycles. The number of amides is 2. The van der Waals surface area contributed by atoms with Gasteiger partial charge in [0.25, 0.3) is 5.91 Å². The Bertz CT molecular complexity index is 646. The number of aromatic nitrogens is 1. The summed E-state index contributed by atoms with van der Waals surface area (Å²) in [7, 11) is 0. The molecule has 0 spiro atoms. The molecule has 3 N–H and O–H groups in total. The SMILES string of the molecule is C[C@@H](Sc1ccccn1)C(=O)Nc1ccccc1C(N)=O. The molecule has 0 aliphatic heterocycles. The van der Waals surface area contributed by atoms with E-state index in [0.29, 0.717) is 11.3 Å². The smallest absolute Gasteiger partial charge is 0.250 e. The number of carbonyl (C=O) groups is 2. The molecule has 0 aliphatic carbocycles. The summed E-state index contributed by atoms with van der Waals surface area (Å²) < 4.78 is 0. The fraction of sp³-hybridized carbons (Fsp3) is 0.133. The summed E-state index contributed by atoms with van der Waals surface area (Å²) in [4.78, 5) is 27.7. The van der Waals surface area contributed by atoms with E-state index < -0.39 is 5.91 Å². The molecule has 1 atom stereocenters. The van der Waals surface area contributed by atoms with E-state index in [2.05, 4.69) is 10.3 Å². The van der Waals surface area contributed by atoms with Crippen molar-refractivity contribution in [2.24, 2.45) is 5.73 Å². The van der Waals surface area contributed by atoms with Gasteiger partial charge < -0.3 is 11.1 Å². The van der Waals surface area contributed by atoms with Crippen molar-refractivity contribution in [1.82, 2.24) is 4.98 Å². The highest BCUT2D eigenvalue weighted by Crippen LogP contribution is 2.22. The molecular formula is C15H15N3O2S.